The second-order valence-electron chi connectivity index (χ2n) is 4.65. The minimum atomic E-state index is -0.563. The Hall–Kier alpha value is -1.78. The number of hydrogen-bond acceptors (Lipinski definition) is 4. The van der Waals surface area contributed by atoms with E-state index in [0.29, 0.717) is 11.3 Å². The van der Waals surface area contributed by atoms with Crippen LogP contribution in [0.2, 0.25) is 0 Å². The van der Waals surface area contributed by atoms with Crippen LogP contribution in [0, 0.1) is 0 Å². The summed E-state index contributed by atoms with van der Waals surface area (Å²) in [7, 11) is 5.27. The van der Waals surface area contributed by atoms with E-state index in [9.17, 15) is 9.59 Å². The van der Waals surface area contributed by atoms with E-state index in [2.05, 4.69) is 0 Å². The summed E-state index contributed by atoms with van der Waals surface area (Å²) in [5, 5.41) is -0.374. The Labute approximate surface area is 132 Å². The maximum Gasteiger partial charge on any atom is 0.216 e. The highest BCUT2D eigenvalue weighted by Crippen LogP contribution is 2.37. The molecule has 1 aliphatic rings. The first-order valence-corrected chi connectivity index (χ1v) is 6.84. The number of allylic oxidation sites excluding steroid dienone is 4. The van der Waals surface area contributed by atoms with Crippen molar-refractivity contribution in [2.24, 2.45) is 0 Å². The van der Waals surface area contributed by atoms with Gasteiger partial charge in [0.25, 0.3) is 0 Å². The van der Waals surface area contributed by atoms with Crippen LogP contribution in [-0.2, 0) is 9.59 Å². The first kappa shape index (κ1) is 15.6. The monoisotopic (exact) mass is 325 g/mol. The average Bonchev–Trinajstić information content (AvgIpc) is 2.45. The summed E-state index contributed by atoms with van der Waals surface area (Å²) in [6.45, 7) is 0. The van der Waals surface area contributed by atoms with Crippen molar-refractivity contribution < 1.29 is 14.3 Å². The molecule has 0 unspecified atom stereocenters. The van der Waals surface area contributed by atoms with Crippen LogP contribution in [0.5, 0.6) is 5.75 Å². The smallest absolute Gasteiger partial charge is 0.216 e. The fourth-order valence-corrected chi connectivity index (χ4v) is 2.53. The van der Waals surface area contributed by atoms with E-state index < -0.39 is 11.6 Å². The molecular formula is C15H13Cl2NO3. The lowest BCUT2D eigenvalue weighted by atomic mass is 9.95. The van der Waals surface area contributed by atoms with Gasteiger partial charge in [0, 0.05) is 37.5 Å². The molecule has 0 bridgehead atoms. The van der Waals surface area contributed by atoms with E-state index in [0.717, 1.165) is 11.8 Å². The van der Waals surface area contributed by atoms with Crippen LogP contribution < -0.4 is 9.64 Å². The van der Waals surface area contributed by atoms with Crippen molar-refractivity contribution >= 4 is 46.0 Å². The summed E-state index contributed by atoms with van der Waals surface area (Å²) in [5.41, 5.74) is 1.47. The third-order valence-corrected chi connectivity index (χ3v) is 3.75. The molecule has 0 atom stereocenters. The van der Waals surface area contributed by atoms with E-state index in [4.69, 9.17) is 27.9 Å². The van der Waals surface area contributed by atoms with Gasteiger partial charge in [-0.2, -0.15) is 0 Å². The summed E-state index contributed by atoms with van der Waals surface area (Å²) in [4.78, 5) is 25.9. The highest BCUT2D eigenvalue weighted by atomic mass is 35.5. The van der Waals surface area contributed by atoms with Crippen molar-refractivity contribution in [1.29, 1.82) is 0 Å². The van der Waals surface area contributed by atoms with Gasteiger partial charge in [-0.3, -0.25) is 9.59 Å². The third-order valence-electron chi connectivity index (χ3n) is 3.11. The van der Waals surface area contributed by atoms with E-state index in [1.54, 1.807) is 12.1 Å². The number of Topliss-reactive ketones (excluding diaryl/α,β-unsaturated/α-hetero) is 1. The summed E-state index contributed by atoms with van der Waals surface area (Å²) in [6, 6.07) is 5.28. The Kier molecular flexibility index (Phi) is 4.40. The summed E-state index contributed by atoms with van der Waals surface area (Å²) >= 11 is 11.7. The number of methoxy groups -OCH3 is 1. The molecule has 2 rings (SSSR count). The van der Waals surface area contributed by atoms with Crippen molar-refractivity contribution in [3.63, 3.8) is 0 Å². The van der Waals surface area contributed by atoms with Crippen LogP contribution in [0.1, 0.15) is 5.56 Å². The van der Waals surface area contributed by atoms with Gasteiger partial charge in [-0.15, -0.1) is 0 Å². The first-order chi connectivity index (χ1) is 9.86. The van der Waals surface area contributed by atoms with Gasteiger partial charge in [0.2, 0.25) is 5.78 Å². The van der Waals surface area contributed by atoms with Crippen LogP contribution in [0.3, 0.4) is 0 Å². The molecular weight excluding hydrogens is 313 g/mol. The van der Waals surface area contributed by atoms with Crippen molar-refractivity contribution in [1.82, 2.24) is 0 Å². The molecule has 0 saturated carbocycles. The molecule has 0 radical (unpaired) electrons. The number of carbonyl (C=O) groups is 2. The van der Waals surface area contributed by atoms with E-state index in [-0.39, 0.29) is 15.6 Å². The quantitative estimate of drug-likeness (QED) is 0.801. The summed E-state index contributed by atoms with van der Waals surface area (Å²) in [5.74, 6) is -0.519. The van der Waals surface area contributed by atoms with Crippen LogP contribution in [0.25, 0.3) is 5.57 Å². The molecule has 110 valence electrons. The predicted octanol–water partition coefficient (Wildman–Crippen LogP) is 2.99. The van der Waals surface area contributed by atoms with Gasteiger partial charge >= 0.3 is 0 Å². The highest BCUT2D eigenvalue weighted by Gasteiger charge is 2.29. The molecule has 0 aromatic heterocycles. The van der Waals surface area contributed by atoms with Crippen LogP contribution >= 0.6 is 23.2 Å². The number of nitrogens with zero attached hydrogens (tertiary/aromatic N) is 1. The molecule has 4 nitrogen and oxygen atoms in total. The van der Waals surface area contributed by atoms with Crippen molar-refractivity contribution in [2.45, 2.75) is 0 Å². The largest absolute Gasteiger partial charge is 0.496 e. The minimum Gasteiger partial charge on any atom is -0.496 e. The SMILES string of the molecule is COc1cc(N(C)C)ccc1C1=C(Cl)C(=O)C(Cl)=CC1=O. The number of benzene rings is 1. The van der Waals surface area contributed by atoms with Gasteiger partial charge in [-0.1, -0.05) is 23.2 Å². The second-order valence-corrected chi connectivity index (χ2v) is 5.44. The number of ether oxygens (including phenoxy) is 1. The predicted molar refractivity (Wildman–Crippen MR) is 84.0 cm³/mol. The number of carbonyl (C=O) groups excluding carboxylic acids is 2. The first-order valence-electron chi connectivity index (χ1n) is 6.08. The molecule has 0 aliphatic heterocycles. The minimum absolute atomic E-state index is 0.105. The zero-order valence-corrected chi connectivity index (χ0v) is 13.2. The standard InChI is InChI=1S/C15H13Cl2NO3/c1-18(2)8-4-5-9(12(6-8)21-3)13-11(19)7-10(16)15(20)14(13)17/h4-7H,1-3H3. The maximum absolute atomic E-state index is 12.1. The summed E-state index contributed by atoms with van der Waals surface area (Å²) < 4.78 is 5.31. The molecule has 0 N–H and O–H groups in total. The maximum atomic E-state index is 12.1. The van der Waals surface area contributed by atoms with Crippen LogP contribution in [0.4, 0.5) is 5.69 Å². The lowest BCUT2D eigenvalue weighted by Crippen LogP contribution is -2.15. The Morgan fingerprint density at radius 2 is 1.81 bits per heavy atom. The lowest BCUT2D eigenvalue weighted by Gasteiger charge is -2.18. The molecule has 21 heavy (non-hydrogen) atoms. The van der Waals surface area contributed by atoms with Gasteiger partial charge < -0.3 is 9.64 Å². The van der Waals surface area contributed by atoms with Gasteiger partial charge in [0.15, 0.2) is 5.78 Å². The molecule has 6 heteroatoms. The number of hydrogen-bond donors (Lipinski definition) is 0. The number of halogens is 2. The molecule has 1 aromatic rings. The topological polar surface area (TPSA) is 46.6 Å². The Bertz CT molecular complexity index is 690. The van der Waals surface area contributed by atoms with E-state index in [1.807, 2.05) is 25.1 Å². The lowest BCUT2D eigenvalue weighted by molar-refractivity contribution is -0.113. The van der Waals surface area contributed by atoms with Gasteiger partial charge in [0.05, 0.1) is 17.7 Å². The van der Waals surface area contributed by atoms with E-state index >= 15 is 0 Å². The zero-order chi connectivity index (χ0) is 15.7. The molecule has 0 saturated heterocycles. The molecule has 1 aliphatic carbocycles. The number of anilines is 1. The zero-order valence-electron chi connectivity index (χ0n) is 11.7. The second kappa shape index (κ2) is 5.92. The Balaban J connectivity index is 2.61. The highest BCUT2D eigenvalue weighted by molar-refractivity contribution is 6.62. The van der Waals surface area contributed by atoms with Crippen molar-refractivity contribution in [3.05, 3.63) is 39.9 Å². The Morgan fingerprint density at radius 1 is 1.14 bits per heavy atom. The average molecular weight is 326 g/mol. The molecule has 0 fully saturated rings. The van der Waals surface area contributed by atoms with Crippen molar-refractivity contribution in [3.8, 4) is 5.75 Å². The molecule has 0 heterocycles. The fourth-order valence-electron chi connectivity index (χ4n) is 1.99. The number of ketones is 2. The van der Waals surface area contributed by atoms with Gasteiger partial charge in [0.1, 0.15) is 10.8 Å². The summed E-state index contributed by atoms with van der Waals surface area (Å²) in [6.07, 6.45) is 1.07. The van der Waals surface area contributed by atoms with Gasteiger partial charge in [-0.05, 0) is 12.1 Å². The molecule has 1 aromatic carbocycles. The van der Waals surface area contributed by atoms with Gasteiger partial charge in [-0.25, -0.2) is 0 Å². The number of rotatable bonds is 3. The van der Waals surface area contributed by atoms with E-state index in [1.165, 1.54) is 7.11 Å². The normalized spacial score (nSPS) is 15.2. The molecule has 0 amide bonds. The molecule has 0 spiro atoms. The van der Waals surface area contributed by atoms with Crippen molar-refractivity contribution in [2.75, 3.05) is 26.1 Å². The van der Waals surface area contributed by atoms with Crippen LogP contribution in [0.15, 0.2) is 34.3 Å². The third kappa shape index (κ3) is 2.82. The Morgan fingerprint density at radius 3 is 2.38 bits per heavy atom. The van der Waals surface area contributed by atoms with Crippen LogP contribution in [-0.4, -0.2) is 32.8 Å². The fraction of sp³-hybridized carbons (Fsp3) is 0.200.